The van der Waals surface area contributed by atoms with Gasteiger partial charge in [-0.3, -0.25) is 4.79 Å². The molecular weight excluding hydrogens is 325 g/mol. The molecule has 0 saturated heterocycles. The lowest BCUT2D eigenvalue weighted by Crippen LogP contribution is -2.27. The molecule has 24 heavy (non-hydrogen) atoms. The summed E-state index contributed by atoms with van der Waals surface area (Å²) in [6.45, 7) is 0.507. The normalized spacial score (nSPS) is 16.5. The van der Waals surface area contributed by atoms with E-state index < -0.39 is 0 Å². The smallest absolute Gasteiger partial charge is 0.175 e. The summed E-state index contributed by atoms with van der Waals surface area (Å²) in [7, 11) is 0. The van der Waals surface area contributed by atoms with Gasteiger partial charge >= 0.3 is 0 Å². The molecule has 0 fully saturated rings. The number of phenolic OH excluding ortho intramolecular Hbond substituents is 1. The van der Waals surface area contributed by atoms with Gasteiger partial charge in [0.2, 0.25) is 0 Å². The Labute approximate surface area is 142 Å². The van der Waals surface area contributed by atoms with Crippen molar-refractivity contribution in [2.45, 2.75) is 5.92 Å². The molecule has 0 bridgehead atoms. The molecule has 0 aliphatic carbocycles. The van der Waals surface area contributed by atoms with Crippen LogP contribution in [0.5, 0.6) is 5.75 Å². The van der Waals surface area contributed by atoms with Crippen molar-refractivity contribution in [3.05, 3.63) is 70.9 Å². The third-order valence-electron chi connectivity index (χ3n) is 4.27. The van der Waals surface area contributed by atoms with Gasteiger partial charge in [0.15, 0.2) is 5.78 Å². The van der Waals surface area contributed by atoms with Crippen LogP contribution in [0.25, 0.3) is 11.1 Å². The molecule has 0 amide bonds. The zero-order valence-electron chi connectivity index (χ0n) is 12.6. The SMILES string of the molecule is O=C1c2c(-c3ccc(O)cc3)csc2NCC1c1ccc(F)cc1. The zero-order valence-corrected chi connectivity index (χ0v) is 13.4. The van der Waals surface area contributed by atoms with E-state index in [1.165, 1.54) is 23.5 Å². The average molecular weight is 339 g/mol. The van der Waals surface area contributed by atoms with Crippen LogP contribution in [0.2, 0.25) is 0 Å². The van der Waals surface area contributed by atoms with Crippen molar-refractivity contribution in [1.29, 1.82) is 0 Å². The van der Waals surface area contributed by atoms with Gasteiger partial charge < -0.3 is 10.4 Å². The number of nitrogens with one attached hydrogen (secondary N) is 1. The number of phenols is 1. The fraction of sp³-hybridized carbons (Fsp3) is 0.105. The van der Waals surface area contributed by atoms with Gasteiger partial charge in [0.1, 0.15) is 11.6 Å². The number of carbonyl (C=O) groups is 1. The lowest BCUT2D eigenvalue weighted by molar-refractivity contribution is 0.0961. The Morgan fingerprint density at radius 3 is 2.50 bits per heavy atom. The number of fused-ring (bicyclic) bond motifs is 1. The minimum Gasteiger partial charge on any atom is -0.508 e. The largest absolute Gasteiger partial charge is 0.508 e. The zero-order chi connectivity index (χ0) is 16.7. The first-order valence-corrected chi connectivity index (χ1v) is 8.46. The predicted octanol–water partition coefficient (Wildman–Crippen LogP) is 4.65. The second-order valence-electron chi connectivity index (χ2n) is 5.75. The first kappa shape index (κ1) is 14.9. The summed E-state index contributed by atoms with van der Waals surface area (Å²) in [6, 6.07) is 12.9. The van der Waals surface area contributed by atoms with Gasteiger partial charge in [-0.15, -0.1) is 11.3 Å². The van der Waals surface area contributed by atoms with Crippen LogP contribution in [-0.4, -0.2) is 17.4 Å². The quantitative estimate of drug-likeness (QED) is 0.714. The molecule has 2 heterocycles. The second kappa shape index (κ2) is 5.76. The number of hydrogen-bond donors (Lipinski definition) is 2. The summed E-state index contributed by atoms with van der Waals surface area (Å²) < 4.78 is 13.1. The van der Waals surface area contributed by atoms with Gasteiger partial charge in [-0.05, 0) is 35.4 Å². The van der Waals surface area contributed by atoms with Crippen molar-refractivity contribution in [3.8, 4) is 16.9 Å². The maximum atomic E-state index is 13.1. The van der Waals surface area contributed by atoms with E-state index in [1.807, 2.05) is 5.38 Å². The molecule has 1 unspecified atom stereocenters. The third kappa shape index (κ3) is 2.47. The molecule has 5 heteroatoms. The van der Waals surface area contributed by atoms with Crippen LogP contribution >= 0.6 is 11.3 Å². The summed E-state index contributed by atoms with van der Waals surface area (Å²) in [5.74, 6) is -0.407. The topological polar surface area (TPSA) is 49.3 Å². The summed E-state index contributed by atoms with van der Waals surface area (Å²) in [5, 5.41) is 15.6. The number of ketones is 1. The maximum absolute atomic E-state index is 13.1. The van der Waals surface area contributed by atoms with Crippen LogP contribution in [0.3, 0.4) is 0 Å². The number of aromatic hydroxyl groups is 1. The van der Waals surface area contributed by atoms with Crippen molar-refractivity contribution < 1.29 is 14.3 Å². The van der Waals surface area contributed by atoms with Gasteiger partial charge in [-0.25, -0.2) is 4.39 Å². The van der Waals surface area contributed by atoms with Gasteiger partial charge in [0.05, 0.1) is 16.5 Å². The lowest BCUT2D eigenvalue weighted by atomic mass is 9.86. The number of rotatable bonds is 2. The van der Waals surface area contributed by atoms with E-state index in [4.69, 9.17) is 0 Å². The average Bonchev–Trinajstić information content (AvgIpc) is 3.02. The molecular formula is C19H14FNO2S. The van der Waals surface area contributed by atoms with E-state index in [2.05, 4.69) is 5.32 Å². The molecule has 2 N–H and O–H groups in total. The van der Waals surface area contributed by atoms with E-state index in [0.717, 1.165) is 21.7 Å². The number of halogens is 1. The minimum atomic E-state index is -0.330. The van der Waals surface area contributed by atoms with E-state index in [0.29, 0.717) is 12.1 Å². The summed E-state index contributed by atoms with van der Waals surface area (Å²) in [4.78, 5) is 13.0. The molecule has 1 atom stereocenters. The highest BCUT2D eigenvalue weighted by Crippen LogP contribution is 2.41. The van der Waals surface area contributed by atoms with Gasteiger partial charge in [0, 0.05) is 17.5 Å². The number of carbonyl (C=O) groups excluding carboxylic acids is 1. The Kier molecular flexibility index (Phi) is 3.58. The fourth-order valence-electron chi connectivity index (χ4n) is 3.01. The molecule has 1 aliphatic heterocycles. The van der Waals surface area contributed by atoms with E-state index in [1.54, 1.807) is 36.4 Å². The van der Waals surface area contributed by atoms with Gasteiger partial charge in [0.25, 0.3) is 0 Å². The number of benzene rings is 2. The fourth-order valence-corrected chi connectivity index (χ4v) is 4.00. The number of hydrogen-bond acceptors (Lipinski definition) is 4. The van der Waals surface area contributed by atoms with Crippen LogP contribution in [-0.2, 0) is 0 Å². The van der Waals surface area contributed by atoms with Crippen molar-refractivity contribution in [2.75, 3.05) is 11.9 Å². The minimum absolute atomic E-state index is 0.0414. The van der Waals surface area contributed by atoms with Crippen LogP contribution < -0.4 is 5.32 Å². The first-order chi connectivity index (χ1) is 11.6. The summed E-state index contributed by atoms with van der Waals surface area (Å²) in [5.41, 5.74) is 3.23. The van der Waals surface area contributed by atoms with Crippen LogP contribution in [0.1, 0.15) is 21.8 Å². The molecule has 3 nitrogen and oxygen atoms in total. The van der Waals surface area contributed by atoms with Crippen LogP contribution in [0, 0.1) is 5.82 Å². The Balaban J connectivity index is 1.75. The number of thiophene rings is 1. The Morgan fingerprint density at radius 1 is 1.08 bits per heavy atom. The monoisotopic (exact) mass is 339 g/mol. The Hall–Kier alpha value is -2.66. The van der Waals surface area contributed by atoms with Crippen LogP contribution in [0.4, 0.5) is 9.39 Å². The molecule has 1 aliphatic rings. The van der Waals surface area contributed by atoms with Crippen molar-refractivity contribution >= 4 is 22.1 Å². The van der Waals surface area contributed by atoms with E-state index >= 15 is 0 Å². The first-order valence-electron chi connectivity index (χ1n) is 7.58. The second-order valence-corrected chi connectivity index (χ2v) is 6.63. The van der Waals surface area contributed by atoms with Crippen molar-refractivity contribution in [2.24, 2.45) is 0 Å². The van der Waals surface area contributed by atoms with E-state index in [-0.39, 0.29) is 23.3 Å². The van der Waals surface area contributed by atoms with Crippen molar-refractivity contribution in [1.82, 2.24) is 0 Å². The number of anilines is 1. The van der Waals surface area contributed by atoms with Gasteiger partial charge in [-0.1, -0.05) is 24.3 Å². The van der Waals surface area contributed by atoms with Crippen molar-refractivity contribution in [3.63, 3.8) is 0 Å². The Bertz CT molecular complexity index is 900. The third-order valence-corrected chi connectivity index (χ3v) is 5.21. The Morgan fingerprint density at radius 2 is 1.79 bits per heavy atom. The predicted molar refractivity (Wildman–Crippen MR) is 93.4 cm³/mol. The molecule has 3 aromatic rings. The van der Waals surface area contributed by atoms with E-state index in [9.17, 15) is 14.3 Å². The molecule has 0 saturated carbocycles. The molecule has 4 rings (SSSR count). The maximum Gasteiger partial charge on any atom is 0.175 e. The van der Waals surface area contributed by atoms with Gasteiger partial charge in [-0.2, -0.15) is 0 Å². The molecule has 1 aromatic heterocycles. The highest BCUT2D eigenvalue weighted by molar-refractivity contribution is 7.15. The highest BCUT2D eigenvalue weighted by Gasteiger charge is 2.32. The molecule has 0 spiro atoms. The molecule has 0 radical (unpaired) electrons. The molecule has 120 valence electrons. The standard InChI is InChI=1S/C19H14FNO2S/c20-13-5-1-11(2-6-13)15-9-21-19-17(18(15)23)16(10-24-19)12-3-7-14(22)8-4-12/h1-8,10,15,21-22H,9H2. The lowest BCUT2D eigenvalue weighted by Gasteiger charge is -2.24. The molecule has 2 aromatic carbocycles. The number of Topliss-reactive ketones (excluding diaryl/α,β-unsaturated/α-hetero) is 1. The summed E-state index contributed by atoms with van der Waals surface area (Å²) in [6.07, 6.45) is 0. The summed E-state index contributed by atoms with van der Waals surface area (Å²) >= 11 is 1.50. The highest BCUT2D eigenvalue weighted by atomic mass is 32.1. The van der Waals surface area contributed by atoms with Crippen LogP contribution in [0.15, 0.2) is 53.9 Å².